The van der Waals surface area contributed by atoms with Crippen LogP contribution in [0.1, 0.15) is 22.3 Å². The fraction of sp³-hybridized carbons (Fsp3) is 0.333. The highest BCUT2D eigenvalue weighted by atomic mass is 19.4. The van der Waals surface area contributed by atoms with E-state index in [4.69, 9.17) is 4.74 Å². The van der Waals surface area contributed by atoms with Crippen molar-refractivity contribution in [3.05, 3.63) is 65.5 Å². The standard InChI is InChI=1S/C21H20F4N2O3/c22-17-8-3-1-6-15(17)20(29)27-11-5-10-26(12-13-27)19(28)14-30-18-9-4-2-7-16(18)21(23,24)25/h1-4,6-9H,5,10-14H2. The molecule has 5 nitrogen and oxygen atoms in total. The van der Waals surface area contributed by atoms with Gasteiger partial charge in [-0.05, 0) is 30.7 Å². The summed E-state index contributed by atoms with van der Waals surface area (Å²) in [7, 11) is 0. The average molecular weight is 424 g/mol. The number of carbonyl (C=O) groups is 2. The molecule has 3 rings (SSSR count). The number of rotatable bonds is 4. The molecule has 0 aliphatic carbocycles. The molecule has 160 valence electrons. The van der Waals surface area contributed by atoms with Crippen molar-refractivity contribution in [1.82, 2.24) is 9.80 Å². The average Bonchev–Trinajstić information content (AvgIpc) is 2.98. The third-order valence-corrected chi connectivity index (χ3v) is 4.78. The van der Waals surface area contributed by atoms with Crippen LogP contribution in [0, 0.1) is 5.82 Å². The number of halogens is 4. The first-order valence-electron chi connectivity index (χ1n) is 9.38. The van der Waals surface area contributed by atoms with E-state index >= 15 is 0 Å². The van der Waals surface area contributed by atoms with Crippen molar-refractivity contribution < 1.29 is 31.9 Å². The third kappa shape index (κ3) is 5.08. The van der Waals surface area contributed by atoms with Crippen LogP contribution in [-0.2, 0) is 11.0 Å². The first-order valence-corrected chi connectivity index (χ1v) is 9.38. The Balaban J connectivity index is 1.59. The van der Waals surface area contributed by atoms with Gasteiger partial charge in [-0.25, -0.2) is 4.39 Å². The number of carbonyl (C=O) groups excluding carboxylic acids is 2. The molecule has 0 aromatic heterocycles. The Hall–Kier alpha value is -3.10. The highest BCUT2D eigenvalue weighted by molar-refractivity contribution is 5.94. The lowest BCUT2D eigenvalue weighted by Crippen LogP contribution is -2.39. The summed E-state index contributed by atoms with van der Waals surface area (Å²) in [5.41, 5.74) is -0.986. The highest BCUT2D eigenvalue weighted by Crippen LogP contribution is 2.35. The zero-order valence-corrected chi connectivity index (χ0v) is 16.0. The number of alkyl halides is 3. The lowest BCUT2D eigenvalue weighted by Gasteiger charge is -2.23. The van der Waals surface area contributed by atoms with Gasteiger partial charge in [0.25, 0.3) is 11.8 Å². The normalized spacial score (nSPS) is 14.9. The van der Waals surface area contributed by atoms with Crippen LogP contribution >= 0.6 is 0 Å². The maximum Gasteiger partial charge on any atom is 0.419 e. The van der Waals surface area contributed by atoms with E-state index in [1.54, 1.807) is 6.07 Å². The molecule has 0 unspecified atom stereocenters. The van der Waals surface area contributed by atoms with Crippen LogP contribution in [-0.4, -0.2) is 54.4 Å². The number of benzene rings is 2. The molecule has 2 aromatic carbocycles. The number of ether oxygens (including phenoxy) is 1. The molecule has 0 saturated carbocycles. The fourth-order valence-corrected chi connectivity index (χ4v) is 3.23. The van der Waals surface area contributed by atoms with Crippen LogP contribution in [0.2, 0.25) is 0 Å². The van der Waals surface area contributed by atoms with Crippen LogP contribution in [0.3, 0.4) is 0 Å². The SMILES string of the molecule is O=C(COc1ccccc1C(F)(F)F)N1CCCN(C(=O)c2ccccc2F)CC1. The topological polar surface area (TPSA) is 49.9 Å². The van der Waals surface area contributed by atoms with Crippen molar-refractivity contribution in [2.45, 2.75) is 12.6 Å². The number of hydrogen-bond donors (Lipinski definition) is 0. The Morgan fingerprint density at radius 1 is 0.900 bits per heavy atom. The van der Waals surface area contributed by atoms with Gasteiger partial charge in [0, 0.05) is 26.2 Å². The van der Waals surface area contributed by atoms with Gasteiger partial charge in [-0.2, -0.15) is 13.2 Å². The molecule has 2 aromatic rings. The predicted octanol–water partition coefficient (Wildman–Crippen LogP) is 3.60. The minimum atomic E-state index is -4.59. The van der Waals surface area contributed by atoms with Crippen molar-refractivity contribution in [1.29, 1.82) is 0 Å². The van der Waals surface area contributed by atoms with Crippen molar-refractivity contribution in [2.75, 3.05) is 32.8 Å². The predicted molar refractivity (Wildman–Crippen MR) is 100 cm³/mol. The fourth-order valence-electron chi connectivity index (χ4n) is 3.23. The molecule has 1 saturated heterocycles. The van der Waals surface area contributed by atoms with Gasteiger partial charge in [-0.15, -0.1) is 0 Å². The van der Waals surface area contributed by atoms with E-state index in [0.29, 0.717) is 19.5 Å². The number of para-hydroxylation sites is 1. The highest BCUT2D eigenvalue weighted by Gasteiger charge is 2.34. The second-order valence-corrected chi connectivity index (χ2v) is 6.79. The van der Waals surface area contributed by atoms with Crippen LogP contribution < -0.4 is 4.74 Å². The van der Waals surface area contributed by atoms with E-state index in [0.717, 1.165) is 12.1 Å². The smallest absolute Gasteiger partial charge is 0.419 e. The van der Waals surface area contributed by atoms with E-state index < -0.39 is 41.7 Å². The van der Waals surface area contributed by atoms with Crippen LogP contribution in [0.15, 0.2) is 48.5 Å². The number of hydrogen-bond acceptors (Lipinski definition) is 3. The Labute approximate surface area is 170 Å². The summed E-state index contributed by atoms with van der Waals surface area (Å²) in [5, 5.41) is 0. The lowest BCUT2D eigenvalue weighted by molar-refractivity contribution is -0.141. The minimum Gasteiger partial charge on any atom is -0.483 e. The number of nitrogens with zero attached hydrogens (tertiary/aromatic N) is 2. The summed E-state index contributed by atoms with van der Waals surface area (Å²) in [6.45, 7) is 0.495. The Bertz CT molecular complexity index is 917. The van der Waals surface area contributed by atoms with Gasteiger partial charge in [0.15, 0.2) is 6.61 Å². The molecular formula is C21H20F4N2O3. The largest absolute Gasteiger partial charge is 0.483 e. The van der Waals surface area contributed by atoms with Crippen molar-refractivity contribution >= 4 is 11.8 Å². The van der Waals surface area contributed by atoms with Gasteiger partial charge in [0.05, 0.1) is 11.1 Å². The second kappa shape index (κ2) is 9.15. The van der Waals surface area contributed by atoms with Gasteiger partial charge in [-0.3, -0.25) is 9.59 Å². The first kappa shape index (κ1) is 21.6. The molecule has 0 N–H and O–H groups in total. The molecule has 9 heteroatoms. The van der Waals surface area contributed by atoms with Crippen LogP contribution in [0.5, 0.6) is 5.75 Å². The van der Waals surface area contributed by atoms with Gasteiger partial charge >= 0.3 is 6.18 Å². The summed E-state index contributed by atoms with van der Waals surface area (Å²) < 4.78 is 58.1. The molecule has 1 fully saturated rings. The molecule has 0 bridgehead atoms. The Morgan fingerprint density at radius 3 is 2.27 bits per heavy atom. The summed E-state index contributed by atoms with van der Waals surface area (Å²) in [6, 6.07) is 10.4. The summed E-state index contributed by atoms with van der Waals surface area (Å²) in [6.07, 6.45) is -4.12. The second-order valence-electron chi connectivity index (χ2n) is 6.79. The molecular weight excluding hydrogens is 404 g/mol. The molecule has 30 heavy (non-hydrogen) atoms. The molecule has 2 amide bonds. The summed E-state index contributed by atoms with van der Waals surface area (Å²) in [5.74, 6) is -1.97. The zero-order chi connectivity index (χ0) is 21.7. The zero-order valence-electron chi connectivity index (χ0n) is 16.0. The summed E-state index contributed by atoms with van der Waals surface area (Å²) >= 11 is 0. The maximum absolute atomic E-state index is 13.9. The van der Waals surface area contributed by atoms with Crippen molar-refractivity contribution in [3.63, 3.8) is 0 Å². The molecule has 0 spiro atoms. The van der Waals surface area contributed by atoms with Crippen molar-refractivity contribution in [3.8, 4) is 5.75 Å². The van der Waals surface area contributed by atoms with Gasteiger partial charge in [0.1, 0.15) is 11.6 Å². The van der Waals surface area contributed by atoms with E-state index in [2.05, 4.69) is 0 Å². The maximum atomic E-state index is 13.9. The van der Waals surface area contributed by atoms with E-state index in [9.17, 15) is 27.2 Å². The van der Waals surface area contributed by atoms with Crippen LogP contribution in [0.4, 0.5) is 17.6 Å². The Kier molecular flexibility index (Phi) is 6.59. The van der Waals surface area contributed by atoms with E-state index in [1.165, 1.54) is 40.1 Å². The van der Waals surface area contributed by atoms with Gasteiger partial charge in [-0.1, -0.05) is 24.3 Å². The van der Waals surface area contributed by atoms with E-state index in [1.807, 2.05) is 0 Å². The molecule has 0 radical (unpaired) electrons. The molecule has 1 heterocycles. The molecule has 0 atom stereocenters. The number of amides is 2. The first-order chi connectivity index (χ1) is 14.3. The lowest BCUT2D eigenvalue weighted by atomic mass is 10.2. The monoisotopic (exact) mass is 424 g/mol. The van der Waals surface area contributed by atoms with E-state index in [-0.39, 0.29) is 18.7 Å². The van der Waals surface area contributed by atoms with Crippen LogP contribution in [0.25, 0.3) is 0 Å². The van der Waals surface area contributed by atoms with Gasteiger partial charge in [0.2, 0.25) is 0 Å². The Morgan fingerprint density at radius 2 is 1.53 bits per heavy atom. The molecule has 1 aliphatic heterocycles. The molecule has 1 aliphatic rings. The minimum absolute atomic E-state index is 0.0376. The van der Waals surface area contributed by atoms with Gasteiger partial charge < -0.3 is 14.5 Å². The quantitative estimate of drug-likeness (QED) is 0.705. The summed E-state index contributed by atoms with van der Waals surface area (Å²) in [4.78, 5) is 27.9. The van der Waals surface area contributed by atoms with Crippen molar-refractivity contribution in [2.24, 2.45) is 0 Å². The third-order valence-electron chi connectivity index (χ3n) is 4.78.